The number of halogens is 3. The van der Waals surface area contributed by atoms with Gasteiger partial charge in [0.15, 0.2) is 0 Å². The summed E-state index contributed by atoms with van der Waals surface area (Å²) in [5, 5.41) is 2.98. The highest BCUT2D eigenvalue weighted by molar-refractivity contribution is 5.77. The second-order valence-corrected chi connectivity index (χ2v) is 6.33. The number of rotatable bonds is 5. The van der Waals surface area contributed by atoms with Gasteiger partial charge in [-0.25, -0.2) is 0 Å². The van der Waals surface area contributed by atoms with E-state index in [0.29, 0.717) is 18.0 Å². The van der Waals surface area contributed by atoms with Gasteiger partial charge in [0.1, 0.15) is 0 Å². The smallest absolute Gasteiger partial charge is 0.353 e. The van der Waals surface area contributed by atoms with E-state index in [1.165, 1.54) is 6.07 Å². The van der Waals surface area contributed by atoms with E-state index in [1.54, 1.807) is 13.0 Å². The van der Waals surface area contributed by atoms with Crippen molar-refractivity contribution >= 4 is 5.91 Å². The van der Waals surface area contributed by atoms with Crippen LogP contribution < -0.4 is 11.1 Å². The first-order valence-corrected chi connectivity index (χ1v) is 7.98. The number of carbonyl (C=O) groups is 1. The Morgan fingerprint density at radius 1 is 1.39 bits per heavy atom. The van der Waals surface area contributed by atoms with Crippen LogP contribution >= 0.6 is 0 Å². The van der Waals surface area contributed by atoms with Crippen molar-refractivity contribution in [1.29, 1.82) is 0 Å². The molecule has 23 heavy (non-hydrogen) atoms. The first-order valence-electron chi connectivity index (χ1n) is 7.98. The van der Waals surface area contributed by atoms with E-state index in [2.05, 4.69) is 5.32 Å². The molecule has 0 saturated heterocycles. The summed E-state index contributed by atoms with van der Waals surface area (Å²) in [4.78, 5) is 12.2. The SMILES string of the molecule is CC(CC(=O)NC1CCCC1CN)c1cccc(C(F)(F)F)c1. The first kappa shape index (κ1) is 17.8. The van der Waals surface area contributed by atoms with Gasteiger partial charge >= 0.3 is 6.18 Å². The van der Waals surface area contributed by atoms with Crippen LogP contribution in [0.4, 0.5) is 13.2 Å². The van der Waals surface area contributed by atoms with Crippen molar-refractivity contribution in [2.45, 2.75) is 50.7 Å². The normalized spacial score (nSPS) is 22.8. The molecule has 0 aliphatic heterocycles. The Balaban J connectivity index is 1.96. The minimum Gasteiger partial charge on any atom is -0.353 e. The van der Waals surface area contributed by atoms with Gasteiger partial charge < -0.3 is 11.1 Å². The number of nitrogens with two attached hydrogens (primary N) is 1. The molecular formula is C17H23F3N2O. The Labute approximate surface area is 134 Å². The summed E-state index contributed by atoms with van der Waals surface area (Å²) >= 11 is 0. The Bertz CT molecular complexity index is 545. The zero-order chi connectivity index (χ0) is 17.0. The van der Waals surface area contributed by atoms with E-state index < -0.39 is 11.7 Å². The van der Waals surface area contributed by atoms with Crippen molar-refractivity contribution in [1.82, 2.24) is 5.32 Å². The molecule has 0 aromatic heterocycles. The molecule has 3 N–H and O–H groups in total. The lowest BCUT2D eigenvalue weighted by molar-refractivity contribution is -0.137. The van der Waals surface area contributed by atoms with E-state index in [0.717, 1.165) is 31.4 Å². The van der Waals surface area contributed by atoms with E-state index in [1.807, 2.05) is 0 Å². The number of benzene rings is 1. The topological polar surface area (TPSA) is 55.1 Å². The summed E-state index contributed by atoms with van der Waals surface area (Å²) in [5.41, 5.74) is 5.54. The lowest BCUT2D eigenvalue weighted by Crippen LogP contribution is -2.40. The van der Waals surface area contributed by atoms with Gasteiger partial charge in [-0.2, -0.15) is 13.2 Å². The maximum atomic E-state index is 12.8. The molecule has 1 amide bonds. The third kappa shape index (κ3) is 4.70. The predicted octanol–water partition coefficient (Wildman–Crippen LogP) is 3.44. The summed E-state index contributed by atoms with van der Waals surface area (Å²) in [6.45, 7) is 2.32. The highest BCUT2D eigenvalue weighted by Gasteiger charge is 2.31. The molecule has 1 aliphatic carbocycles. The molecule has 1 aliphatic rings. The third-order valence-corrected chi connectivity index (χ3v) is 4.58. The highest BCUT2D eigenvalue weighted by atomic mass is 19.4. The van der Waals surface area contributed by atoms with Gasteiger partial charge in [0.2, 0.25) is 5.91 Å². The second-order valence-electron chi connectivity index (χ2n) is 6.33. The molecule has 0 heterocycles. The molecule has 0 radical (unpaired) electrons. The molecule has 2 rings (SSSR count). The van der Waals surface area contributed by atoms with Gasteiger partial charge in [-0.1, -0.05) is 31.5 Å². The standard InChI is InChI=1S/C17H23F3N2O/c1-11(12-4-2-6-14(9-12)17(18,19)20)8-16(23)22-15-7-3-5-13(15)10-21/h2,4,6,9,11,13,15H,3,5,7-8,10,21H2,1H3,(H,22,23). The number of hydrogen-bond acceptors (Lipinski definition) is 2. The summed E-state index contributed by atoms with van der Waals surface area (Å²) in [7, 11) is 0. The summed E-state index contributed by atoms with van der Waals surface area (Å²) < 4.78 is 38.3. The quantitative estimate of drug-likeness (QED) is 0.870. The molecule has 1 saturated carbocycles. The van der Waals surface area contributed by atoms with Gasteiger partial charge in [-0.15, -0.1) is 0 Å². The lowest BCUT2D eigenvalue weighted by atomic mass is 9.95. The minimum absolute atomic E-state index is 0.0983. The predicted molar refractivity (Wildman–Crippen MR) is 82.8 cm³/mol. The number of carbonyl (C=O) groups excluding carboxylic acids is 1. The molecule has 1 aromatic carbocycles. The summed E-state index contributed by atoms with van der Waals surface area (Å²) in [6.07, 6.45) is -1.20. The minimum atomic E-state index is -4.36. The third-order valence-electron chi connectivity index (χ3n) is 4.58. The van der Waals surface area contributed by atoms with Gasteiger partial charge in [-0.3, -0.25) is 4.79 Å². The van der Waals surface area contributed by atoms with Crippen LogP contribution in [0.2, 0.25) is 0 Å². The lowest BCUT2D eigenvalue weighted by Gasteiger charge is -2.21. The van der Waals surface area contributed by atoms with E-state index >= 15 is 0 Å². The monoisotopic (exact) mass is 328 g/mol. The van der Waals surface area contributed by atoms with Crippen LogP contribution in [0.3, 0.4) is 0 Å². The fourth-order valence-electron chi connectivity index (χ4n) is 3.19. The number of alkyl halides is 3. The summed E-state index contributed by atoms with van der Waals surface area (Å²) in [6, 6.07) is 5.28. The van der Waals surface area contributed by atoms with Gasteiger partial charge in [0.25, 0.3) is 0 Å². The highest BCUT2D eigenvalue weighted by Crippen LogP contribution is 2.32. The van der Waals surface area contributed by atoms with E-state index in [-0.39, 0.29) is 24.3 Å². The van der Waals surface area contributed by atoms with Crippen molar-refractivity contribution in [2.75, 3.05) is 6.54 Å². The van der Waals surface area contributed by atoms with Gasteiger partial charge in [0.05, 0.1) is 5.56 Å². The maximum Gasteiger partial charge on any atom is 0.416 e. The Kier molecular flexibility index (Phi) is 5.68. The average Bonchev–Trinajstić information content (AvgIpc) is 2.93. The van der Waals surface area contributed by atoms with Gasteiger partial charge in [0, 0.05) is 12.5 Å². The van der Waals surface area contributed by atoms with Crippen LogP contribution in [0.1, 0.15) is 49.7 Å². The molecule has 3 unspecified atom stereocenters. The van der Waals surface area contributed by atoms with Crippen molar-refractivity contribution in [3.05, 3.63) is 35.4 Å². The summed E-state index contributed by atoms with van der Waals surface area (Å²) in [5.74, 6) is -0.0851. The van der Waals surface area contributed by atoms with Crippen molar-refractivity contribution in [2.24, 2.45) is 11.7 Å². The van der Waals surface area contributed by atoms with Crippen LogP contribution in [-0.4, -0.2) is 18.5 Å². The molecule has 3 nitrogen and oxygen atoms in total. The van der Waals surface area contributed by atoms with Crippen LogP contribution in [0, 0.1) is 5.92 Å². The van der Waals surface area contributed by atoms with Crippen molar-refractivity contribution in [3.8, 4) is 0 Å². The molecule has 1 fully saturated rings. The second kappa shape index (κ2) is 7.34. The molecule has 0 spiro atoms. The number of amides is 1. The Morgan fingerprint density at radius 2 is 2.13 bits per heavy atom. The van der Waals surface area contributed by atoms with Crippen LogP contribution in [0.25, 0.3) is 0 Å². The molecular weight excluding hydrogens is 305 g/mol. The Morgan fingerprint density at radius 3 is 2.78 bits per heavy atom. The fraction of sp³-hybridized carbons (Fsp3) is 0.588. The van der Waals surface area contributed by atoms with Crippen LogP contribution in [0.5, 0.6) is 0 Å². The van der Waals surface area contributed by atoms with Crippen LogP contribution in [-0.2, 0) is 11.0 Å². The average molecular weight is 328 g/mol. The van der Waals surface area contributed by atoms with E-state index in [4.69, 9.17) is 5.73 Å². The van der Waals surface area contributed by atoms with Crippen LogP contribution in [0.15, 0.2) is 24.3 Å². The zero-order valence-corrected chi connectivity index (χ0v) is 13.2. The maximum absolute atomic E-state index is 12.8. The molecule has 0 bridgehead atoms. The first-order chi connectivity index (χ1) is 10.8. The molecule has 1 aromatic rings. The largest absolute Gasteiger partial charge is 0.416 e. The Hall–Kier alpha value is -1.56. The van der Waals surface area contributed by atoms with E-state index in [9.17, 15) is 18.0 Å². The number of hydrogen-bond donors (Lipinski definition) is 2. The zero-order valence-electron chi connectivity index (χ0n) is 13.2. The molecule has 6 heteroatoms. The number of nitrogens with one attached hydrogen (secondary N) is 1. The van der Waals surface area contributed by atoms with Crippen molar-refractivity contribution in [3.63, 3.8) is 0 Å². The van der Waals surface area contributed by atoms with Gasteiger partial charge in [-0.05, 0) is 42.9 Å². The fourth-order valence-corrected chi connectivity index (χ4v) is 3.19. The molecule has 128 valence electrons. The molecule has 3 atom stereocenters. The van der Waals surface area contributed by atoms with Crippen molar-refractivity contribution < 1.29 is 18.0 Å².